The predicted molar refractivity (Wildman–Crippen MR) is 33.3 cm³/mol. The lowest BCUT2D eigenvalue weighted by molar-refractivity contribution is -0.142. The van der Waals surface area contributed by atoms with Gasteiger partial charge in [0.25, 0.3) is 5.91 Å². The molecule has 0 aromatic carbocycles. The van der Waals surface area contributed by atoms with Gasteiger partial charge < -0.3 is 10.4 Å². The minimum absolute atomic E-state index is 0.386. The van der Waals surface area contributed by atoms with Crippen molar-refractivity contribution in [3.05, 3.63) is 0 Å². The second kappa shape index (κ2) is 2.79. The van der Waals surface area contributed by atoms with E-state index in [0.717, 1.165) is 0 Å². The molecule has 1 aliphatic rings. The molecule has 10 heavy (non-hydrogen) atoms. The van der Waals surface area contributed by atoms with Crippen molar-refractivity contribution in [2.45, 2.75) is 18.9 Å². The fourth-order valence-corrected chi connectivity index (χ4v) is 0.867. The van der Waals surface area contributed by atoms with Crippen LogP contribution < -0.4 is 5.32 Å². The molecule has 1 unspecified atom stereocenters. The van der Waals surface area contributed by atoms with Crippen molar-refractivity contribution in [1.29, 1.82) is 0 Å². The highest BCUT2D eigenvalue weighted by Gasteiger charge is 2.24. The van der Waals surface area contributed by atoms with Crippen LogP contribution in [0.15, 0.2) is 0 Å². The molecule has 1 aliphatic heterocycles. The first-order valence-corrected chi connectivity index (χ1v) is 3.22. The van der Waals surface area contributed by atoms with E-state index in [1.807, 2.05) is 0 Å². The number of rotatable bonds is 0. The van der Waals surface area contributed by atoms with Crippen LogP contribution in [0.1, 0.15) is 12.8 Å². The van der Waals surface area contributed by atoms with E-state index in [0.29, 0.717) is 19.4 Å². The van der Waals surface area contributed by atoms with Crippen LogP contribution in [0.3, 0.4) is 0 Å². The molecule has 0 saturated carbocycles. The fraction of sp³-hybridized carbons (Fsp3) is 0.667. The number of hydrogen-bond acceptors (Lipinski definition) is 3. The number of carbonyl (C=O) groups is 2. The molecule has 2 N–H and O–H groups in total. The third-order valence-electron chi connectivity index (χ3n) is 1.47. The van der Waals surface area contributed by atoms with E-state index in [1.54, 1.807) is 0 Å². The van der Waals surface area contributed by atoms with Crippen LogP contribution in [0.5, 0.6) is 0 Å². The molecule has 0 spiro atoms. The smallest absolute Gasteiger partial charge is 0.290 e. The number of Topliss-reactive ketones (excluding diaryl/α,β-unsaturated/α-hetero) is 1. The topological polar surface area (TPSA) is 66.4 Å². The van der Waals surface area contributed by atoms with E-state index in [9.17, 15) is 9.59 Å². The van der Waals surface area contributed by atoms with Crippen molar-refractivity contribution in [3.63, 3.8) is 0 Å². The number of aliphatic hydroxyl groups excluding tert-OH is 1. The normalized spacial score (nSPS) is 27.5. The fourth-order valence-electron chi connectivity index (χ4n) is 0.867. The molecular weight excluding hydrogens is 134 g/mol. The minimum Gasteiger partial charge on any atom is -0.385 e. The Hall–Kier alpha value is -0.900. The highest BCUT2D eigenvalue weighted by Crippen LogP contribution is 2.01. The van der Waals surface area contributed by atoms with E-state index >= 15 is 0 Å². The van der Waals surface area contributed by atoms with Gasteiger partial charge in [-0.15, -0.1) is 0 Å². The third kappa shape index (κ3) is 1.33. The summed E-state index contributed by atoms with van der Waals surface area (Å²) in [5.41, 5.74) is 0. The molecule has 4 heteroatoms. The summed E-state index contributed by atoms with van der Waals surface area (Å²) in [6.45, 7) is 0.488. The van der Waals surface area contributed by atoms with Gasteiger partial charge in [0.05, 0.1) is 0 Å². The van der Waals surface area contributed by atoms with Crippen molar-refractivity contribution in [1.82, 2.24) is 5.32 Å². The van der Waals surface area contributed by atoms with Gasteiger partial charge in [-0.25, -0.2) is 0 Å². The van der Waals surface area contributed by atoms with Gasteiger partial charge in [-0.3, -0.25) is 9.59 Å². The highest BCUT2D eigenvalue weighted by atomic mass is 16.3. The molecule has 0 bridgehead atoms. The van der Waals surface area contributed by atoms with E-state index in [4.69, 9.17) is 5.11 Å². The number of hydrogen-bond donors (Lipinski definition) is 2. The molecule has 0 aliphatic carbocycles. The van der Waals surface area contributed by atoms with Gasteiger partial charge in [-0.05, 0) is 12.8 Å². The zero-order valence-corrected chi connectivity index (χ0v) is 5.46. The van der Waals surface area contributed by atoms with Crippen molar-refractivity contribution < 1.29 is 14.7 Å². The summed E-state index contributed by atoms with van der Waals surface area (Å²) in [6, 6.07) is 0. The Morgan fingerprint density at radius 3 is 2.90 bits per heavy atom. The Labute approximate surface area is 58.2 Å². The second-order valence-electron chi connectivity index (χ2n) is 2.28. The number of amides is 1. The van der Waals surface area contributed by atoms with Gasteiger partial charge in [-0.2, -0.15) is 0 Å². The van der Waals surface area contributed by atoms with E-state index in [-0.39, 0.29) is 0 Å². The Kier molecular flexibility index (Phi) is 2.01. The second-order valence-corrected chi connectivity index (χ2v) is 2.28. The monoisotopic (exact) mass is 143 g/mol. The summed E-state index contributed by atoms with van der Waals surface area (Å²) in [4.78, 5) is 21.3. The zero-order valence-electron chi connectivity index (χ0n) is 5.46. The van der Waals surface area contributed by atoms with Gasteiger partial charge in [-0.1, -0.05) is 0 Å². The third-order valence-corrected chi connectivity index (χ3v) is 1.47. The predicted octanol–water partition coefficient (Wildman–Crippen LogP) is -1.17. The van der Waals surface area contributed by atoms with Crippen molar-refractivity contribution in [2.75, 3.05) is 6.54 Å². The Morgan fingerprint density at radius 1 is 1.50 bits per heavy atom. The molecule has 4 nitrogen and oxygen atoms in total. The molecular formula is C6H9NO3. The molecule has 0 radical (unpaired) electrons. The summed E-state index contributed by atoms with van der Waals surface area (Å²) in [7, 11) is 0. The van der Waals surface area contributed by atoms with Crippen LogP contribution in [0.4, 0.5) is 0 Å². The van der Waals surface area contributed by atoms with Crippen molar-refractivity contribution >= 4 is 11.7 Å². The van der Waals surface area contributed by atoms with E-state index in [2.05, 4.69) is 5.32 Å². The summed E-state index contributed by atoms with van der Waals surface area (Å²) < 4.78 is 0. The van der Waals surface area contributed by atoms with Crippen LogP contribution in [-0.4, -0.2) is 29.4 Å². The summed E-state index contributed by atoms with van der Waals surface area (Å²) in [5, 5.41) is 11.3. The van der Waals surface area contributed by atoms with E-state index in [1.165, 1.54) is 0 Å². The van der Waals surface area contributed by atoms with Gasteiger partial charge in [0.1, 0.15) is 6.10 Å². The largest absolute Gasteiger partial charge is 0.385 e. The summed E-state index contributed by atoms with van der Waals surface area (Å²) in [6.07, 6.45) is -0.0292. The van der Waals surface area contributed by atoms with Gasteiger partial charge >= 0.3 is 0 Å². The van der Waals surface area contributed by atoms with Crippen LogP contribution in [-0.2, 0) is 9.59 Å². The SMILES string of the molecule is O=C1NCCCC(O)C1=O. The first-order chi connectivity index (χ1) is 4.72. The Balaban J connectivity index is 2.64. The lowest BCUT2D eigenvalue weighted by atomic mass is 10.1. The number of aliphatic hydroxyl groups is 1. The Morgan fingerprint density at radius 2 is 2.20 bits per heavy atom. The average molecular weight is 143 g/mol. The first-order valence-electron chi connectivity index (χ1n) is 3.22. The standard InChI is InChI=1S/C6H9NO3/c8-4-2-1-3-7-6(10)5(4)9/h4,8H,1-3H2,(H,7,10). The molecule has 1 fully saturated rings. The van der Waals surface area contributed by atoms with Crippen molar-refractivity contribution in [3.8, 4) is 0 Å². The van der Waals surface area contributed by atoms with Crippen LogP contribution in [0.2, 0.25) is 0 Å². The molecule has 1 heterocycles. The summed E-state index contributed by atoms with van der Waals surface area (Å²) in [5.74, 6) is -1.37. The molecule has 1 amide bonds. The maximum atomic E-state index is 10.7. The van der Waals surface area contributed by atoms with Crippen LogP contribution in [0, 0.1) is 0 Å². The summed E-state index contributed by atoms with van der Waals surface area (Å²) >= 11 is 0. The number of carbonyl (C=O) groups excluding carboxylic acids is 2. The lowest BCUT2D eigenvalue weighted by Gasteiger charge is -1.99. The van der Waals surface area contributed by atoms with Gasteiger partial charge in [0, 0.05) is 6.54 Å². The van der Waals surface area contributed by atoms with Crippen LogP contribution >= 0.6 is 0 Å². The molecule has 0 aromatic heterocycles. The van der Waals surface area contributed by atoms with Gasteiger partial charge in [0.15, 0.2) is 0 Å². The maximum Gasteiger partial charge on any atom is 0.290 e. The molecule has 1 saturated heterocycles. The quantitative estimate of drug-likeness (QED) is 0.420. The highest BCUT2D eigenvalue weighted by molar-refractivity contribution is 6.37. The molecule has 1 rings (SSSR count). The maximum absolute atomic E-state index is 10.7. The van der Waals surface area contributed by atoms with E-state index < -0.39 is 17.8 Å². The molecule has 0 aromatic rings. The zero-order chi connectivity index (χ0) is 7.56. The Bertz CT molecular complexity index is 166. The lowest BCUT2D eigenvalue weighted by Crippen LogP contribution is -2.34. The number of nitrogens with one attached hydrogen (secondary N) is 1. The molecule has 1 atom stereocenters. The first kappa shape index (κ1) is 7.21. The van der Waals surface area contributed by atoms with Gasteiger partial charge in [0.2, 0.25) is 5.78 Å². The average Bonchev–Trinajstić information content (AvgIpc) is 2.04. The minimum atomic E-state index is -1.08. The number of ketones is 1. The van der Waals surface area contributed by atoms with Crippen molar-refractivity contribution in [2.24, 2.45) is 0 Å². The van der Waals surface area contributed by atoms with Crippen LogP contribution in [0.25, 0.3) is 0 Å². The molecule has 56 valence electrons.